The Morgan fingerprint density at radius 1 is 1.69 bits per heavy atom. The minimum atomic E-state index is -1.49. The van der Waals surface area contributed by atoms with E-state index >= 15 is 0 Å². The fourth-order valence-electron chi connectivity index (χ4n) is 1.45. The zero-order valence-corrected chi connectivity index (χ0v) is 8.72. The third-order valence-corrected chi connectivity index (χ3v) is 2.18. The van der Waals surface area contributed by atoms with E-state index in [2.05, 4.69) is 20.1 Å². The van der Waals surface area contributed by atoms with Crippen LogP contribution in [0.4, 0.5) is 5.95 Å². The van der Waals surface area contributed by atoms with Gasteiger partial charge in [0, 0.05) is 0 Å². The summed E-state index contributed by atoms with van der Waals surface area (Å²) in [5, 5.41) is 16.1. The van der Waals surface area contributed by atoms with Gasteiger partial charge in [0.15, 0.2) is 5.72 Å². The molecule has 1 unspecified atom stereocenters. The maximum absolute atomic E-state index is 11.2. The number of aliphatic hydroxyl groups is 1. The molecule has 0 bridgehead atoms. The number of hydrogen-bond acceptors (Lipinski definition) is 6. The smallest absolute Gasteiger partial charge is 0.378 e. The zero-order valence-electron chi connectivity index (χ0n) is 8.72. The molecule has 8 heteroatoms. The van der Waals surface area contributed by atoms with Gasteiger partial charge in [0.1, 0.15) is 0 Å². The summed E-state index contributed by atoms with van der Waals surface area (Å²) in [5.41, 5.74) is -1.49. The molecule has 2 rings (SSSR count). The molecule has 0 fully saturated rings. The van der Waals surface area contributed by atoms with Gasteiger partial charge in [-0.05, 0) is 6.92 Å². The summed E-state index contributed by atoms with van der Waals surface area (Å²) in [6, 6.07) is 0. The van der Waals surface area contributed by atoms with Crippen LogP contribution in [0.2, 0.25) is 0 Å². The maximum atomic E-state index is 11.2. The van der Waals surface area contributed by atoms with E-state index in [4.69, 9.17) is 0 Å². The van der Waals surface area contributed by atoms with Crippen LogP contribution < -0.4 is 5.32 Å². The highest BCUT2D eigenvalue weighted by molar-refractivity contribution is 5.92. The van der Waals surface area contributed by atoms with Gasteiger partial charge in [-0.3, -0.25) is 10.1 Å². The number of aromatic nitrogens is 3. The Bertz CT molecular complexity index is 465. The van der Waals surface area contributed by atoms with Gasteiger partial charge in [0.2, 0.25) is 11.9 Å². The monoisotopic (exact) mass is 226 g/mol. The first kappa shape index (κ1) is 10.6. The molecule has 2 N–H and O–H groups in total. The van der Waals surface area contributed by atoms with Crippen LogP contribution in [-0.2, 0) is 15.3 Å². The van der Waals surface area contributed by atoms with Crippen LogP contribution in [-0.4, -0.2) is 38.9 Å². The average Bonchev–Trinajstić information content (AvgIpc) is 2.59. The number of ether oxygens (including phenoxy) is 1. The molecule has 86 valence electrons. The summed E-state index contributed by atoms with van der Waals surface area (Å²) in [6.07, 6.45) is -0.149. The van der Waals surface area contributed by atoms with Crippen molar-refractivity contribution in [2.45, 2.75) is 19.1 Å². The van der Waals surface area contributed by atoms with E-state index < -0.39 is 11.7 Å². The van der Waals surface area contributed by atoms with Crippen LogP contribution in [0.5, 0.6) is 0 Å². The van der Waals surface area contributed by atoms with Crippen molar-refractivity contribution >= 4 is 17.8 Å². The molecule has 1 aliphatic heterocycles. The maximum Gasteiger partial charge on any atom is 0.378 e. The summed E-state index contributed by atoms with van der Waals surface area (Å²) >= 11 is 0. The lowest BCUT2D eigenvalue weighted by atomic mass is 10.1. The number of fused-ring (bicyclic) bond motifs is 1. The van der Waals surface area contributed by atoms with Gasteiger partial charge in [0.25, 0.3) is 5.82 Å². The van der Waals surface area contributed by atoms with E-state index in [-0.39, 0.29) is 24.1 Å². The molecule has 1 atom stereocenters. The SMILES string of the molecule is COC(=O)c1nc2n(n1)C(C)(O)CC(=O)N2. The molecular weight excluding hydrogens is 216 g/mol. The van der Waals surface area contributed by atoms with E-state index in [1.165, 1.54) is 14.0 Å². The molecule has 8 nitrogen and oxygen atoms in total. The fraction of sp³-hybridized carbons (Fsp3) is 0.500. The number of nitrogens with zero attached hydrogens (tertiary/aromatic N) is 3. The van der Waals surface area contributed by atoms with Gasteiger partial charge in [-0.1, -0.05) is 0 Å². The summed E-state index contributed by atoms with van der Waals surface area (Å²) in [4.78, 5) is 26.1. The standard InChI is InChI=1S/C8H10N4O4/c1-8(15)3-4(13)9-7-10-5(6(14)16-2)11-12(7)8/h15H,3H2,1-2H3,(H,9,10,11,13). The Labute approximate surface area is 90.2 Å². The lowest BCUT2D eigenvalue weighted by Gasteiger charge is -2.28. The van der Waals surface area contributed by atoms with Crippen molar-refractivity contribution in [1.82, 2.24) is 14.8 Å². The Hall–Kier alpha value is -1.96. The largest absolute Gasteiger partial charge is 0.463 e. The van der Waals surface area contributed by atoms with E-state index in [1.807, 2.05) is 0 Å². The van der Waals surface area contributed by atoms with Crippen molar-refractivity contribution < 1.29 is 19.4 Å². The molecule has 2 heterocycles. The summed E-state index contributed by atoms with van der Waals surface area (Å²) in [5.74, 6) is -1.30. The van der Waals surface area contributed by atoms with E-state index in [0.717, 1.165) is 4.68 Å². The molecule has 1 aliphatic rings. The zero-order chi connectivity index (χ0) is 11.9. The summed E-state index contributed by atoms with van der Waals surface area (Å²) < 4.78 is 5.52. The lowest BCUT2D eigenvalue weighted by Crippen LogP contribution is -2.41. The third kappa shape index (κ3) is 1.52. The first-order chi connectivity index (χ1) is 7.44. The minimum Gasteiger partial charge on any atom is -0.463 e. The molecule has 16 heavy (non-hydrogen) atoms. The Morgan fingerprint density at radius 2 is 2.38 bits per heavy atom. The molecule has 0 spiro atoms. The highest BCUT2D eigenvalue weighted by atomic mass is 16.5. The van der Waals surface area contributed by atoms with Crippen LogP contribution in [0, 0.1) is 0 Å². The van der Waals surface area contributed by atoms with Gasteiger partial charge in [-0.25, -0.2) is 4.79 Å². The second kappa shape index (κ2) is 3.27. The second-order valence-corrected chi connectivity index (χ2v) is 3.60. The highest BCUT2D eigenvalue weighted by Crippen LogP contribution is 2.25. The van der Waals surface area contributed by atoms with Crippen molar-refractivity contribution in [3.63, 3.8) is 0 Å². The van der Waals surface area contributed by atoms with Crippen LogP contribution in [0.25, 0.3) is 0 Å². The van der Waals surface area contributed by atoms with E-state index in [1.54, 1.807) is 0 Å². The van der Waals surface area contributed by atoms with Gasteiger partial charge >= 0.3 is 5.97 Å². The number of nitrogens with one attached hydrogen (secondary N) is 1. The molecule has 0 saturated heterocycles. The van der Waals surface area contributed by atoms with Crippen LogP contribution in [0.15, 0.2) is 0 Å². The lowest BCUT2D eigenvalue weighted by molar-refractivity contribution is -0.127. The van der Waals surface area contributed by atoms with Gasteiger partial charge < -0.3 is 9.84 Å². The van der Waals surface area contributed by atoms with Gasteiger partial charge in [-0.15, -0.1) is 5.10 Å². The Kier molecular flexibility index (Phi) is 2.16. The van der Waals surface area contributed by atoms with E-state index in [0.29, 0.717) is 0 Å². The van der Waals surface area contributed by atoms with Gasteiger partial charge in [0.05, 0.1) is 13.5 Å². The van der Waals surface area contributed by atoms with Crippen LogP contribution in [0.3, 0.4) is 0 Å². The first-order valence-corrected chi connectivity index (χ1v) is 4.52. The topological polar surface area (TPSA) is 106 Å². The quantitative estimate of drug-likeness (QED) is 0.599. The van der Waals surface area contributed by atoms with Crippen molar-refractivity contribution in [2.75, 3.05) is 12.4 Å². The normalized spacial score (nSPS) is 23.6. The molecular formula is C8H10N4O4. The number of anilines is 1. The van der Waals surface area contributed by atoms with Crippen molar-refractivity contribution in [3.05, 3.63) is 5.82 Å². The number of carbonyl (C=O) groups excluding carboxylic acids is 2. The van der Waals surface area contributed by atoms with E-state index in [9.17, 15) is 14.7 Å². The molecule has 0 saturated carbocycles. The number of amides is 1. The summed E-state index contributed by atoms with van der Waals surface area (Å²) in [7, 11) is 1.19. The predicted octanol–water partition coefficient (Wildman–Crippen LogP) is -0.928. The average molecular weight is 226 g/mol. The second-order valence-electron chi connectivity index (χ2n) is 3.60. The molecule has 1 amide bonds. The first-order valence-electron chi connectivity index (χ1n) is 4.52. The Morgan fingerprint density at radius 3 is 3.00 bits per heavy atom. The predicted molar refractivity (Wildman–Crippen MR) is 50.5 cm³/mol. The highest BCUT2D eigenvalue weighted by Gasteiger charge is 2.37. The summed E-state index contributed by atoms with van der Waals surface area (Å²) in [6.45, 7) is 1.41. The van der Waals surface area contributed by atoms with Gasteiger partial charge in [-0.2, -0.15) is 9.67 Å². The molecule has 1 aromatic rings. The number of carbonyl (C=O) groups is 2. The number of esters is 1. The minimum absolute atomic E-state index is 0.0293. The Balaban J connectivity index is 2.47. The fourth-order valence-corrected chi connectivity index (χ4v) is 1.45. The number of methoxy groups -OCH3 is 1. The third-order valence-electron chi connectivity index (χ3n) is 2.18. The van der Waals surface area contributed by atoms with Crippen LogP contribution in [0.1, 0.15) is 24.0 Å². The number of hydrogen-bond donors (Lipinski definition) is 2. The molecule has 0 aliphatic carbocycles. The molecule has 0 aromatic carbocycles. The molecule has 0 radical (unpaired) electrons. The number of rotatable bonds is 1. The van der Waals surface area contributed by atoms with Crippen molar-refractivity contribution in [2.24, 2.45) is 0 Å². The molecule has 1 aromatic heterocycles. The van der Waals surface area contributed by atoms with Crippen molar-refractivity contribution in [1.29, 1.82) is 0 Å². The van der Waals surface area contributed by atoms with Crippen LogP contribution >= 0.6 is 0 Å². The van der Waals surface area contributed by atoms with Crippen molar-refractivity contribution in [3.8, 4) is 0 Å².